The van der Waals surface area contributed by atoms with Crippen LogP contribution in [0.5, 0.6) is 0 Å². The molecule has 0 fully saturated rings. The van der Waals surface area contributed by atoms with Crippen LogP contribution in [0.4, 0.5) is 17.1 Å². The maximum Gasteiger partial charge on any atom is 0.0540 e. The third kappa shape index (κ3) is 4.94. The van der Waals surface area contributed by atoms with Crippen molar-refractivity contribution in [3.8, 4) is 44.5 Å². The van der Waals surface area contributed by atoms with Crippen molar-refractivity contribution in [2.75, 3.05) is 4.90 Å². The number of rotatable bonds is 6. The molecule has 1 nitrogen and oxygen atoms in total. The summed E-state index contributed by atoms with van der Waals surface area (Å²) in [5.74, 6) is 0. The summed E-state index contributed by atoms with van der Waals surface area (Å²) in [5.41, 5.74) is 16.1. The Morgan fingerprint density at radius 1 is 0.340 bits per heavy atom. The lowest BCUT2D eigenvalue weighted by molar-refractivity contribution is 0.660. The van der Waals surface area contributed by atoms with Gasteiger partial charge in [0.05, 0.1) is 5.69 Å². The van der Waals surface area contributed by atoms with Crippen molar-refractivity contribution in [2.24, 2.45) is 0 Å². The van der Waals surface area contributed by atoms with E-state index >= 15 is 0 Å². The first-order chi connectivity index (χ1) is 24.6. The molecular weight excluding hydrogens is 603 g/mol. The molecule has 50 heavy (non-hydrogen) atoms. The minimum atomic E-state index is -0.0439. The molecular formula is C49H37N. The van der Waals surface area contributed by atoms with E-state index < -0.39 is 0 Å². The van der Waals surface area contributed by atoms with Gasteiger partial charge in [0.25, 0.3) is 0 Å². The molecule has 0 atom stereocenters. The van der Waals surface area contributed by atoms with E-state index in [1.54, 1.807) is 0 Å². The van der Waals surface area contributed by atoms with Crippen molar-refractivity contribution >= 4 is 27.8 Å². The number of fused-ring (bicyclic) bond motifs is 4. The highest BCUT2D eigenvalue weighted by molar-refractivity contribution is 6.05. The highest BCUT2D eigenvalue weighted by Crippen LogP contribution is 2.51. The standard InChI is InChI=1S/C49H37N/c1-49(2)46-23-13-11-22-44(46)45-33-38(29-32-47(45)49)50(48-24-14-12-19-41(48)35-17-7-4-8-18-35)37-27-25-36(26-28-37)40-31-30-39(34-15-5-3-6-16-34)42-20-9-10-21-43(40)42/h3-33H,1-2H3. The molecule has 0 spiro atoms. The van der Waals surface area contributed by atoms with Crippen molar-refractivity contribution < 1.29 is 0 Å². The first-order valence-corrected chi connectivity index (χ1v) is 17.4. The monoisotopic (exact) mass is 639 g/mol. The van der Waals surface area contributed by atoms with E-state index in [0.717, 1.165) is 17.1 Å². The molecule has 0 aliphatic heterocycles. The molecule has 0 amide bonds. The summed E-state index contributed by atoms with van der Waals surface area (Å²) in [6.45, 7) is 4.68. The molecule has 238 valence electrons. The van der Waals surface area contributed by atoms with Crippen molar-refractivity contribution in [1.82, 2.24) is 0 Å². The summed E-state index contributed by atoms with van der Waals surface area (Å²) in [4.78, 5) is 2.43. The summed E-state index contributed by atoms with van der Waals surface area (Å²) < 4.78 is 0. The third-order valence-corrected chi connectivity index (χ3v) is 10.5. The number of benzene rings is 8. The Balaban J connectivity index is 1.20. The Labute approximate surface area is 294 Å². The molecule has 8 aromatic rings. The predicted molar refractivity (Wildman–Crippen MR) is 213 cm³/mol. The first kappa shape index (κ1) is 29.9. The molecule has 1 heteroatoms. The van der Waals surface area contributed by atoms with Gasteiger partial charge in [-0.15, -0.1) is 0 Å². The van der Waals surface area contributed by atoms with E-state index in [4.69, 9.17) is 0 Å². The Morgan fingerprint density at radius 2 is 0.820 bits per heavy atom. The van der Waals surface area contributed by atoms with Gasteiger partial charge in [0.15, 0.2) is 0 Å². The van der Waals surface area contributed by atoms with Gasteiger partial charge < -0.3 is 4.90 Å². The molecule has 0 heterocycles. The molecule has 1 aliphatic carbocycles. The van der Waals surface area contributed by atoms with E-state index in [1.165, 1.54) is 66.4 Å². The topological polar surface area (TPSA) is 3.24 Å². The SMILES string of the molecule is CC1(C)c2ccccc2-c2cc(N(c3ccc(-c4ccc(-c5ccccc5)c5ccccc45)cc3)c3ccccc3-c3ccccc3)ccc21. The molecule has 0 saturated carbocycles. The van der Waals surface area contributed by atoms with Gasteiger partial charge in [0.1, 0.15) is 0 Å². The van der Waals surface area contributed by atoms with Crippen molar-refractivity contribution in [1.29, 1.82) is 0 Å². The van der Waals surface area contributed by atoms with Crippen LogP contribution in [0.15, 0.2) is 188 Å². The molecule has 8 aromatic carbocycles. The highest BCUT2D eigenvalue weighted by atomic mass is 15.1. The third-order valence-electron chi connectivity index (χ3n) is 10.5. The van der Waals surface area contributed by atoms with Gasteiger partial charge in [-0.05, 0) is 91.2 Å². The number of hydrogen-bond donors (Lipinski definition) is 0. The fraction of sp³-hybridized carbons (Fsp3) is 0.0612. The van der Waals surface area contributed by atoms with Gasteiger partial charge in [-0.1, -0.05) is 172 Å². The van der Waals surface area contributed by atoms with Gasteiger partial charge in [-0.2, -0.15) is 0 Å². The minimum absolute atomic E-state index is 0.0439. The van der Waals surface area contributed by atoms with Gasteiger partial charge >= 0.3 is 0 Å². The van der Waals surface area contributed by atoms with Crippen LogP contribution in [-0.4, -0.2) is 0 Å². The predicted octanol–water partition coefficient (Wildman–Crippen LogP) is 13.6. The van der Waals surface area contributed by atoms with Crippen molar-refractivity contribution in [3.05, 3.63) is 199 Å². The first-order valence-electron chi connectivity index (χ1n) is 17.4. The maximum absolute atomic E-state index is 2.43. The lowest BCUT2D eigenvalue weighted by Crippen LogP contribution is -2.15. The van der Waals surface area contributed by atoms with E-state index in [0.29, 0.717) is 0 Å². The quantitative estimate of drug-likeness (QED) is 0.175. The van der Waals surface area contributed by atoms with Gasteiger partial charge in [-0.3, -0.25) is 0 Å². The smallest absolute Gasteiger partial charge is 0.0540 e. The Hall–Kier alpha value is -6.18. The molecule has 1 aliphatic rings. The van der Waals surface area contributed by atoms with E-state index in [2.05, 4.69) is 207 Å². The number of anilines is 3. The molecule has 0 N–H and O–H groups in total. The molecule has 0 bridgehead atoms. The molecule has 0 radical (unpaired) electrons. The number of nitrogens with zero attached hydrogens (tertiary/aromatic N) is 1. The summed E-state index contributed by atoms with van der Waals surface area (Å²) in [6.07, 6.45) is 0. The van der Waals surface area contributed by atoms with Crippen molar-refractivity contribution in [3.63, 3.8) is 0 Å². The van der Waals surface area contributed by atoms with Crippen LogP contribution in [0.3, 0.4) is 0 Å². The van der Waals surface area contributed by atoms with Crippen LogP contribution < -0.4 is 4.90 Å². The Morgan fingerprint density at radius 3 is 1.48 bits per heavy atom. The van der Waals surface area contributed by atoms with E-state index in [-0.39, 0.29) is 5.41 Å². The average Bonchev–Trinajstić information content (AvgIpc) is 3.41. The zero-order valence-electron chi connectivity index (χ0n) is 28.3. The fourth-order valence-corrected chi connectivity index (χ4v) is 8.02. The minimum Gasteiger partial charge on any atom is -0.310 e. The zero-order chi connectivity index (χ0) is 33.7. The van der Waals surface area contributed by atoms with E-state index in [9.17, 15) is 0 Å². The van der Waals surface area contributed by atoms with Crippen LogP contribution in [0.2, 0.25) is 0 Å². The van der Waals surface area contributed by atoms with Crippen LogP contribution in [-0.2, 0) is 5.41 Å². The lowest BCUT2D eigenvalue weighted by atomic mass is 9.82. The summed E-state index contributed by atoms with van der Waals surface area (Å²) in [6, 6.07) is 68.5. The normalized spacial score (nSPS) is 12.8. The largest absolute Gasteiger partial charge is 0.310 e. The number of para-hydroxylation sites is 1. The molecule has 0 saturated heterocycles. The van der Waals surface area contributed by atoms with Crippen LogP contribution >= 0.6 is 0 Å². The second kappa shape index (κ2) is 12.1. The van der Waals surface area contributed by atoms with Crippen LogP contribution in [0.25, 0.3) is 55.3 Å². The average molecular weight is 640 g/mol. The second-order valence-electron chi connectivity index (χ2n) is 13.7. The summed E-state index contributed by atoms with van der Waals surface area (Å²) >= 11 is 0. The lowest BCUT2D eigenvalue weighted by Gasteiger charge is -2.29. The zero-order valence-corrected chi connectivity index (χ0v) is 28.3. The maximum atomic E-state index is 2.43. The van der Waals surface area contributed by atoms with Gasteiger partial charge in [-0.25, -0.2) is 0 Å². The molecule has 0 unspecified atom stereocenters. The fourth-order valence-electron chi connectivity index (χ4n) is 8.02. The van der Waals surface area contributed by atoms with Gasteiger partial charge in [0.2, 0.25) is 0 Å². The van der Waals surface area contributed by atoms with Crippen LogP contribution in [0.1, 0.15) is 25.0 Å². The highest BCUT2D eigenvalue weighted by Gasteiger charge is 2.35. The number of hydrogen-bond acceptors (Lipinski definition) is 1. The van der Waals surface area contributed by atoms with E-state index in [1.807, 2.05) is 0 Å². The van der Waals surface area contributed by atoms with Crippen LogP contribution in [0, 0.1) is 0 Å². The van der Waals surface area contributed by atoms with Gasteiger partial charge in [0, 0.05) is 22.4 Å². The summed E-state index contributed by atoms with van der Waals surface area (Å²) in [5, 5.41) is 2.52. The van der Waals surface area contributed by atoms with Crippen molar-refractivity contribution in [2.45, 2.75) is 19.3 Å². The second-order valence-corrected chi connectivity index (χ2v) is 13.7. The Kier molecular flexibility index (Phi) is 7.21. The molecule has 9 rings (SSSR count). The molecule has 0 aromatic heterocycles. The summed E-state index contributed by atoms with van der Waals surface area (Å²) in [7, 11) is 0. The Bertz CT molecular complexity index is 2490.